The first-order valence-corrected chi connectivity index (χ1v) is 9.97. The summed E-state index contributed by atoms with van der Waals surface area (Å²) in [6, 6.07) is 13.3. The first-order valence-electron chi connectivity index (χ1n) is 8.49. The average Bonchev–Trinajstić information content (AvgIpc) is 2.67. The van der Waals surface area contributed by atoms with Gasteiger partial charge in [-0.05, 0) is 43.2 Å². The molecule has 0 radical (unpaired) electrons. The van der Waals surface area contributed by atoms with E-state index >= 15 is 0 Å². The number of carbonyl (C=O) groups is 1. The number of halogens is 3. The molecule has 0 heterocycles. The highest BCUT2D eigenvalue weighted by Gasteiger charge is 2.46. The summed E-state index contributed by atoms with van der Waals surface area (Å²) in [6.07, 6.45) is 0.462. The Kier molecular flexibility index (Phi) is 7.20. The Labute approximate surface area is 161 Å². The van der Waals surface area contributed by atoms with Crippen LogP contribution in [0.4, 0.5) is 13.2 Å². The van der Waals surface area contributed by atoms with Crippen LogP contribution in [0.25, 0.3) is 0 Å². The van der Waals surface area contributed by atoms with Crippen molar-refractivity contribution >= 4 is 15.7 Å². The molecule has 0 aromatic heterocycles. The van der Waals surface area contributed by atoms with Crippen molar-refractivity contribution in [2.24, 2.45) is 0 Å². The maximum absolute atomic E-state index is 12.5. The Balaban J connectivity index is 1.79. The third kappa shape index (κ3) is 5.56. The van der Waals surface area contributed by atoms with Crippen LogP contribution in [0.1, 0.15) is 35.4 Å². The summed E-state index contributed by atoms with van der Waals surface area (Å²) < 4.78 is 65.8. The van der Waals surface area contributed by atoms with Gasteiger partial charge in [0.15, 0.2) is 0 Å². The Bertz CT molecular complexity index is 882. The third-order valence-electron chi connectivity index (χ3n) is 3.98. The molecular weight excluding hydrogens is 395 g/mol. The summed E-state index contributed by atoms with van der Waals surface area (Å²) in [6.45, 7) is 2.65. The van der Waals surface area contributed by atoms with E-state index in [0.29, 0.717) is 19.6 Å². The van der Waals surface area contributed by atoms with Crippen LogP contribution in [-0.2, 0) is 14.6 Å². The number of hydrogen-bond donors (Lipinski definition) is 1. The molecule has 0 aliphatic rings. The van der Waals surface area contributed by atoms with Crippen molar-refractivity contribution in [2.75, 3.05) is 13.2 Å². The number of sulfone groups is 1. The summed E-state index contributed by atoms with van der Waals surface area (Å²) in [5, 5.41) is 2.61. The second-order valence-electron chi connectivity index (χ2n) is 6.01. The van der Waals surface area contributed by atoms with Gasteiger partial charge in [-0.25, -0.2) is 8.42 Å². The molecule has 0 fully saturated rings. The lowest BCUT2D eigenvalue weighted by atomic mass is 10.1. The molecule has 0 aliphatic carbocycles. The number of rotatable bonds is 8. The molecule has 0 saturated carbocycles. The van der Waals surface area contributed by atoms with Gasteiger partial charge in [-0.2, -0.15) is 13.2 Å². The molecule has 0 bridgehead atoms. The molecule has 2 aromatic rings. The Morgan fingerprint density at radius 2 is 1.68 bits per heavy atom. The van der Waals surface area contributed by atoms with Crippen LogP contribution >= 0.6 is 0 Å². The van der Waals surface area contributed by atoms with Gasteiger partial charge in [0.2, 0.25) is 0 Å². The first kappa shape index (κ1) is 21.9. The van der Waals surface area contributed by atoms with E-state index < -0.39 is 26.1 Å². The van der Waals surface area contributed by atoms with Crippen LogP contribution in [0, 0.1) is 0 Å². The molecule has 2 rings (SSSR count). The molecule has 9 heteroatoms. The molecule has 0 spiro atoms. The van der Waals surface area contributed by atoms with Gasteiger partial charge in [-0.1, -0.05) is 30.3 Å². The fourth-order valence-electron chi connectivity index (χ4n) is 2.38. The smallest absolute Gasteiger partial charge is 0.374 e. The third-order valence-corrected chi connectivity index (χ3v) is 5.48. The molecule has 28 heavy (non-hydrogen) atoms. The minimum atomic E-state index is -5.42. The monoisotopic (exact) mass is 415 g/mol. The van der Waals surface area contributed by atoms with Crippen LogP contribution < -0.4 is 5.32 Å². The Hall–Kier alpha value is -2.39. The predicted octanol–water partition coefficient (Wildman–Crippen LogP) is 3.88. The quantitative estimate of drug-likeness (QED) is 0.665. The lowest BCUT2D eigenvalue weighted by Crippen LogP contribution is -2.26. The number of amides is 1. The average molecular weight is 415 g/mol. The summed E-state index contributed by atoms with van der Waals surface area (Å²) in [7, 11) is -5.42. The zero-order valence-corrected chi connectivity index (χ0v) is 15.9. The molecule has 2 aromatic carbocycles. The number of carbonyl (C=O) groups excluding carboxylic acids is 1. The SMILES string of the molecule is CC(OCCCNC(=O)c1ccc(S(=O)(=O)C(F)(F)F)cc1)c1ccccc1. The van der Waals surface area contributed by atoms with E-state index in [2.05, 4.69) is 5.32 Å². The second-order valence-corrected chi connectivity index (χ2v) is 7.95. The molecule has 152 valence electrons. The van der Waals surface area contributed by atoms with E-state index in [-0.39, 0.29) is 11.7 Å². The van der Waals surface area contributed by atoms with Crippen molar-refractivity contribution in [3.05, 3.63) is 65.7 Å². The zero-order valence-electron chi connectivity index (χ0n) is 15.1. The fraction of sp³-hybridized carbons (Fsp3) is 0.316. The van der Waals surface area contributed by atoms with Gasteiger partial charge in [-0.3, -0.25) is 4.79 Å². The highest BCUT2D eigenvalue weighted by atomic mass is 32.2. The van der Waals surface area contributed by atoms with Crippen molar-refractivity contribution in [1.29, 1.82) is 0 Å². The van der Waals surface area contributed by atoms with Gasteiger partial charge in [-0.15, -0.1) is 0 Å². The normalized spacial score (nSPS) is 13.1. The van der Waals surface area contributed by atoms with Crippen molar-refractivity contribution in [2.45, 2.75) is 29.9 Å². The zero-order chi connectivity index (χ0) is 20.8. The number of alkyl halides is 3. The van der Waals surface area contributed by atoms with Crippen molar-refractivity contribution in [3.63, 3.8) is 0 Å². The second kappa shape index (κ2) is 9.20. The maximum Gasteiger partial charge on any atom is 0.501 e. The van der Waals surface area contributed by atoms with Crippen molar-refractivity contribution in [1.82, 2.24) is 5.32 Å². The fourth-order valence-corrected chi connectivity index (χ4v) is 3.14. The topological polar surface area (TPSA) is 72.5 Å². The Morgan fingerprint density at radius 3 is 2.25 bits per heavy atom. The number of ether oxygens (including phenoxy) is 1. The molecular formula is C19H20F3NO4S. The standard InChI is InChI=1S/C19H20F3NO4S/c1-14(15-6-3-2-4-7-15)27-13-5-12-23-18(24)16-8-10-17(11-9-16)28(25,26)19(20,21)22/h2-4,6-11,14H,5,12-13H2,1H3,(H,23,24). The largest absolute Gasteiger partial charge is 0.501 e. The van der Waals surface area contributed by atoms with E-state index in [9.17, 15) is 26.4 Å². The van der Waals surface area contributed by atoms with Gasteiger partial charge >= 0.3 is 5.51 Å². The highest BCUT2D eigenvalue weighted by molar-refractivity contribution is 7.92. The van der Waals surface area contributed by atoms with Gasteiger partial charge < -0.3 is 10.1 Å². The lowest BCUT2D eigenvalue weighted by molar-refractivity contribution is -0.0436. The maximum atomic E-state index is 12.5. The van der Waals surface area contributed by atoms with Gasteiger partial charge in [0.05, 0.1) is 11.0 Å². The molecule has 5 nitrogen and oxygen atoms in total. The molecule has 1 atom stereocenters. The first-order chi connectivity index (χ1) is 13.1. The summed E-state index contributed by atoms with van der Waals surface area (Å²) in [5.41, 5.74) is -4.27. The Morgan fingerprint density at radius 1 is 1.07 bits per heavy atom. The number of benzene rings is 2. The van der Waals surface area contributed by atoms with E-state index in [4.69, 9.17) is 4.74 Å². The van der Waals surface area contributed by atoms with Gasteiger partial charge in [0.1, 0.15) is 0 Å². The predicted molar refractivity (Wildman–Crippen MR) is 97.4 cm³/mol. The number of hydrogen-bond acceptors (Lipinski definition) is 4. The lowest BCUT2D eigenvalue weighted by Gasteiger charge is -2.13. The van der Waals surface area contributed by atoms with E-state index in [1.54, 1.807) is 0 Å². The molecule has 1 amide bonds. The minimum absolute atomic E-state index is 0.0692. The van der Waals surface area contributed by atoms with E-state index in [1.807, 2.05) is 37.3 Å². The summed E-state index contributed by atoms with van der Waals surface area (Å²) in [4.78, 5) is 11.1. The van der Waals surface area contributed by atoms with Gasteiger partial charge in [0.25, 0.3) is 15.7 Å². The van der Waals surface area contributed by atoms with Crippen LogP contribution in [-0.4, -0.2) is 33.0 Å². The van der Waals surface area contributed by atoms with Crippen LogP contribution in [0.15, 0.2) is 59.5 Å². The van der Waals surface area contributed by atoms with E-state index in [1.165, 1.54) is 0 Å². The minimum Gasteiger partial charge on any atom is -0.374 e. The van der Waals surface area contributed by atoms with Crippen LogP contribution in [0.5, 0.6) is 0 Å². The molecule has 1 unspecified atom stereocenters. The summed E-state index contributed by atoms with van der Waals surface area (Å²) >= 11 is 0. The number of nitrogens with one attached hydrogen (secondary N) is 1. The molecule has 1 N–H and O–H groups in total. The van der Waals surface area contributed by atoms with Gasteiger partial charge in [0, 0.05) is 18.7 Å². The van der Waals surface area contributed by atoms with Crippen molar-refractivity contribution in [3.8, 4) is 0 Å². The molecule has 0 aliphatic heterocycles. The van der Waals surface area contributed by atoms with Crippen LogP contribution in [0.3, 0.4) is 0 Å². The highest BCUT2D eigenvalue weighted by Crippen LogP contribution is 2.30. The summed E-state index contributed by atoms with van der Waals surface area (Å²) in [5.74, 6) is -0.507. The van der Waals surface area contributed by atoms with E-state index in [0.717, 1.165) is 29.8 Å². The van der Waals surface area contributed by atoms with Crippen molar-refractivity contribution < 1.29 is 31.1 Å². The van der Waals surface area contributed by atoms with Crippen LogP contribution in [0.2, 0.25) is 0 Å². The molecule has 0 saturated heterocycles.